The number of nitro groups is 1. The molecular weight excluding hydrogens is 290 g/mol. The van der Waals surface area contributed by atoms with Crippen molar-refractivity contribution in [1.29, 1.82) is 0 Å². The molecule has 0 aromatic heterocycles. The Hall–Kier alpha value is -2.21. The Labute approximate surface area is 118 Å². The number of rotatable bonds is 4. The van der Waals surface area contributed by atoms with Gasteiger partial charge in [-0.2, -0.15) is 0 Å². The zero-order valence-electron chi connectivity index (χ0n) is 10.1. The molecule has 0 saturated heterocycles. The molecule has 0 amide bonds. The van der Waals surface area contributed by atoms with Gasteiger partial charge in [-0.25, -0.2) is 8.78 Å². The van der Waals surface area contributed by atoms with Gasteiger partial charge in [0, 0.05) is 23.2 Å². The van der Waals surface area contributed by atoms with Crippen molar-refractivity contribution in [1.82, 2.24) is 0 Å². The van der Waals surface area contributed by atoms with Crippen molar-refractivity contribution in [3.8, 4) is 0 Å². The predicted octanol–water partition coefficient (Wildman–Crippen LogP) is 4.14. The van der Waals surface area contributed by atoms with Gasteiger partial charge in [-0.15, -0.1) is 0 Å². The Bertz CT molecular complexity index is 645. The van der Waals surface area contributed by atoms with Gasteiger partial charge in [0.1, 0.15) is 5.82 Å². The smallest absolute Gasteiger partial charge is 0.272 e. The molecule has 0 aliphatic rings. The highest BCUT2D eigenvalue weighted by Gasteiger charge is 2.12. The predicted molar refractivity (Wildman–Crippen MR) is 71.8 cm³/mol. The van der Waals surface area contributed by atoms with E-state index in [4.69, 9.17) is 11.6 Å². The lowest BCUT2D eigenvalue weighted by Gasteiger charge is -2.09. The maximum absolute atomic E-state index is 13.6. The molecule has 20 heavy (non-hydrogen) atoms. The van der Waals surface area contributed by atoms with Crippen molar-refractivity contribution in [2.75, 3.05) is 5.32 Å². The van der Waals surface area contributed by atoms with Crippen molar-refractivity contribution in [2.45, 2.75) is 6.54 Å². The van der Waals surface area contributed by atoms with Gasteiger partial charge < -0.3 is 5.32 Å². The Kier molecular flexibility index (Phi) is 4.14. The highest BCUT2D eigenvalue weighted by Crippen LogP contribution is 2.23. The first-order valence-corrected chi connectivity index (χ1v) is 5.97. The normalized spacial score (nSPS) is 10.3. The van der Waals surface area contributed by atoms with Crippen LogP contribution < -0.4 is 5.32 Å². The van der Waals surface area contributed by atoms with Gasteiger partial charge in [-0.3, -0.25) is 10.1 Å². The standard InChI is InChI=1S/C13H9ClF2N2O2/c14-10-2-1-3-11(15)9(10)7-17-13-5-4-8(18(19)20)6-12(13)16/h1-6,17H,7H2. The second-order valence-corrected chi connectivity index (χ2v) is 4.38. The first kappa shape index (κ1) is 14.2. The minimum atomic E-state index is -0.785. The van der Waals surface area contributed by atoms with E-state index in [-0.39, 0.29) is 28.5 Å². The summed E-state index contributed by atoms with van der Waals surface area (Å²) >= 11 is 5.84. The minimum Gasteiger partial charge on any atom is -0.378 e. The van der Waals surface area contributed by atoms with Crippen LogP contribution in [0.15, 0.2) is 36.4 Å². The number of benzene rings is 2. The summed E-state index contributed by atoms with van der Waals surface area (Å²) in [4.78, 5) is 9.79. The second kappa shape index (κ2) is 5.83. The Morgan fingerprint density at radius 2 is 1.95 bits per heavy atom. The molecule has 0 radical (unpaired) electrons. The number of nitrogens with zero attached hydrogens (tertiary/aromatic N) is 1. The molecule has 104 valence electrons. The summed E-state index contributed by atoms with van der Waals surface area (Å²) in [6.07, 6.45) is 0. The first-order valence-electron chi connectivity index (χ1n) is 5.59. The van der Waals surface area contributed by atoms with Gasteiger partial charge in [-0.1, -0.05) is 17.7 Å². The molecule has 0 unspecified atom stereocenters. The van der Waals surface area contributed by atoms with Crippen molar-refractivity contribution in [3.63, 3.8) is 0 Å². The highest BCUT2D eigenvalue weighted by molar-refractivity contribution is 6.31. The van der Waals surface area contributed by atoms with Crippen LogP contribution in [0.2, 0.25) is 5.02 Å². The molecule has 7 heteroatoms. The molecule has 2 aromatic rings. The zero-order valence-corrected chi connectivity index (χ0v) is 10.8. The molecular formula is C13H9ClF2N2O2. The third kappa shape index (κ3) is 3.03. The van der Waals surface area contributed by atoms with Crippen LogP contribution >= 0.6 is 11.6 Å². The fourth-order valence-electron chi connectivity index (χ4n) is 1.65. The average Bonchev–Trinajstić information content (AvgIpc) is 2.39. The van der Waals surface area contributed by atoms with E-state index in [1.54, 1.807) is 0 Å². The molecule has 0 aliphatic carbocycles. The molecule has 0 spiro atoms. The lowest BCUT2D eigenvalue weighted by Crippen LogP contribution is -2.04. The third-order valence-corrected chi connectivity index (χ3v) is 3.03. The third-order valence-electron chi connectivity index (χ3n) is 2.68. The van der Waals surface area contributed by atoms with E-state index in [0.717, 1.165) is 12.1 Å². The summed E-state index contributed by atoms with van der Waals surface area (Å²) in [5.41, 5.74) is -0.112. The number of hydrogen-bond donors (Lipinski definition) is 1. The van der Waals surface area contributed by atoms with Crippen LogP contribution in [0.4, 0.5) is 20.2 Å². The van der Waals surface area contributed by atoms with E-state index in [1.807, 2.05) is 0 Å². The van der Waals surface area contributed by atoms with Crippen LogP contribution in [0.3, 0.4) is 0 Å². The molecule has 0 atom stereocenters. The Morgan fingerprint density at radius 1 is 1.20 bits per heavy atom. The van der Waals surface area contributed by atoms with Gasteiger partial charge in [-0.05, 0) is 18.2 Å². The molecule has 0 saturated carbocycles. The molecule has 0 aliphatic heterocycles. The number of halogens is 3. The van der Waals surface area contributed by atoms with Crippen LogP contribution in [0, 0.1) is 21.7 Å². The fraction of sp³-hybridized carbons (Fsp3) is 0.0769. The Morgan fingerprint density at radius 3 is 2.55 bits per heavy atom. The van der Waals surface area contributed by atoms with Crippen molar-refractivity contribution < 1.29 is 13.7 Å². The average molecular weight is 299 g/mol. The number of hydrogen-bond acceptors (Lipinski definition) is 3. The van der Waals surface area contributed by atoms with E-state index in [2.05, 4.69) is 5.32 Å². The van der Waals surface area contributed by atoms with Gasteiger partial charge >= 0.3 is 0 Å². The summed E-state index contributed by atoms with van der Waals surface area (Å²) in [5.74, 6) is -1.29. The van der Waals surface area contributed by atoms with Crippen LogP contribution in [-0.4, -0.2) is 4.92 Å². The summed E-state index contributed by atoms with van der Waals surface area (Å²) in [7, 11) is 0. The van der Waals surface area contributed by atoms with Gasteiger partial charge in [0.2, 0.25) is 0 Å². The zero-order chi connectivity index (χ0) is 14.7. The molecule has 2 aromatic carbocycles. The van der Waals surface area contributed by atoms with E-state index in [1.165, 1.54) is 24.3 Å². The number of anilines is 1. The van der Waals surface area contributed by atoms with Gasteiger partial charge in [0.05, 0.1) is 16.7 Å². The quantitative estimate of drug-likeness (QED) is 0.682. The van der Waals surface area contributed by atoms with Crippen LogP contribution in [-0.2, 0) is 6.54 Å². The topological polar surface area (TPSA) is 55.2 Å². The van der Waals surface area contributed by atoms with Gasteiger partial charge in [0.25, 0.3) is 5.69 Å². The van der Waals surface area contributed by atoms with E-state index in [0.29, 0.717) is 0 Å². The largest absolute Gasteiger partial charge is 0.378 e. The summed E-state index contributed by atoms with van der Waals surface area (Å²) in [6, 6.07) is 7.42. The summed E-state index contributed by atoms with van der Waals surface area (Å²) < 4.78 is 27.1. The molecule has 4 nitrogen and oxygen atoms in total. The number of nitro benzene ring substituents is 1. The lowest BCUT2D eigenvalue weighted by molar-refractivity contribution is -0.385. The molecule has 0 fully saturated rings. The van der Waals surface area contributed by atoms with Crippen LogP contribution in [0.5, 0.6) is 0 Å². The highest BCUT2D eigenvalue weighted by atomic mass is 35.5. The molecule has 2 rings (SSSR count). The first-order chi connectivity index (χ1) is 9.49. The van der Waals surface area contributed by atoms with Crippen molar-refractivity contribution in [2.24, 2.45) is 0 Å². The number of non-ortho nitro benzene ring substituents is 1. The maximum atomic E-state index is 13.6. The van der Waals surface area contributed by atoms with E-state index >= 15 is 0 Å². The SMILES string of the molecule is O=[N+]([O-])c1ccc(NCc2c(F)cccc2Cl)c(F)c1. The van der Waals surface area contributed by atoms with E-state index in [9.17, 15) is 18.9 Å². The van der Waals surface area contributed by atoms with Crippen molar-refractivity contribution >= 4 is 23.0 Å². The molecule has 0 heterocycles. The summed E-state index contributed by atoms with van der Waals surface area (Å²) in [5, 5.41) is 13.4. The lowest BCUT2D eigenvalue weighted by atomic mass is 10.2. The number of nitrogens with one attached hydrogen (secondary N) is 1. The maximum Gasteiger partial charge on any atom is 0.272 e. The fourth-order valence-corrected chi connectivity index (χ4v) is 1.88. The minimum absolute atomic E-state index is 0.0275. The van der Waals surface area contributed by atoms with Gasteiger partial charge in [0.15, 0.2) is 5.82 Å². The van der Waals surface area contributed by atoms with E-state index < -0.39 is 16.6 Å². The monoisotopic (exact) mass is 298 g/mol. The van der Waals surface area contributed by atoms with Crippen molar-refractivity contribution in [3.05, 3.63) is 68.7 Å². The summed E-state index contributed by atoms with van der Waals surface area (Å²) in [6.45, 7) is -0.0275. The molecule has 0 bridgehead atoms. The second-order valence-electron chi connectivity index (χ2n) is 3.98. The van der Waals surface area contributed by atoms with Crippen LogP contribution in [0.25, 0.3) is 0 Å². The Balaban J connectivity index is 2.17. The molecule has 1 N–H and O–H groups in total. The van der Waals surface area contributed by atoms with Crippen LogP contribution in [0.1, 0.15) is 5.56 Å².